The first-order valence-electron chi connectivity index (χ1n) is 7.54. The fourth-order valence-electron chi connectivity index (χ4n) is 1.85. The second-order valence-corrected chi connectivity index (χ2v) is 8.97. The highest BCUT2D eigenvalue weighted by molar-refractivity contribution is 8.03. The normalized spacial score (nSPS) is 12.0. The lowest BCUT2D eigenvalue weighted by Crippen LogP contribution is -2.13. The molecule has 1 aromatic heterocycles. The van der Waals surface area contributed by atoms with E-state index in [-0.39, 0.29) is 16.9 Å². The zero-order valence-electron chi connectivity index (χ0n) is 13.7. The molecule has 0 aliphatic carbocycles. The number of amides is 1. The number of Topliss-reactive ketones (excluding diaryl/α,β-unsaturated/α-hetero) is 1. The monoisotopic (exact) mass is 381 g/mol. The standard InChI is InChI=1S/C16H19N3O2S3/c1-4-9-22-15-18-19-16(24-15)23-10(2)14(21)12-5-7-13(8-6-12)17-11(3)20/h5-8,10H,4,9H2,1-3H3,(H,17,20)/t10-/m0/s1. The van der Waals surface area contributed by atoms with E-state index in [4.69, 9.17) is 0 Å². The summed E-state index contributed by atoms with van der Waals surface area (Å²) in [6.45, 7) is 5.45. The van der Waals surface area contributed by atoms with E-state index in [1.165, 1.54) is 30.0 Å². The third-order valence-electron chi connectivity index (χ3n) is 2.95. The summed E-state index contributed by atoms with van der Waals surface area (Å²) >= 11 is 4.65. The highest BCUT2D eigenvalue weighted by Crippen LogP contribution is 2.32. The number of ketones is 1. The van der Waals surface area contributed by atoms with Gasteiger partial charge in [0.1, 0.15) is 0 Å². The summed E-state index contributed by atoms with van der Waals surface area (Å²) in [4.78, 5) is 23.5. The summed E-state index contributed by atoms with van der Waals surface area (Å²) in [6.07, 6.45) is 1.09. The number of thioether (sulfide) groups is 2. The molecule has 0 aliphatic heterocycles. The molecule has 0 aliphatic rings. The highest BCUT2D eigenvalue weighted by Gasteiger charge is 2.19. The van der Waals surface area contributed by atoms with Gasteiger partial charge in [-0.1, -0.05) is 41.8 Å². The minimum Gasteiger partial charge on any atom is -0.326 e. The van der Waals surface area contributed by atoms with Crippen molar-refractivity contribution < 1.29 is 9.59 Å². The van der Waals surface area contributed by atoms with E-state index in [1.54, 1.807) is 36.0 Å². The summed E-state index contributed by atoms with van der Waals surface area (Å²) in [5, 5.41) is 10.7. The molecule has 0 saturated carbocycles. The molecule has 0 fully saturated rings. The number of rotatable bonds is 8. The number of nitrogens with one attached hydrogen (secondary N) is 1. The number of hydrogen-bond donors (Lipinski definition) is 1. The van der Waals surface area contributed by atoms with Crippen LogP contribution >= 0.6 is 34.9 Å². The van der Waals surface area contributed by atoms with Crippen LogP contribution in [0.1, 0.15) is 37.6 Å². The molecular formula is C16H19N3O2S3. The van der Waals surface area contributed by atoms with Crippen LogP contribution in [0, 0.1) is 0 Å². The highest BCUT2D eigenvalue weighted by atomic mass is 32.2. The predicted octanol–water partition coefficient (Wildman–Crippen LogP) is 4.36. The molecule has 24 heavy (non-hydrogen) atoms. The predicted molar refractivity (Wildman–Crippen MR) is 101 cm³/mol. The molecule has 1 aromatic carbocycles. The van der Waals surface area contributed by atoms with E-state index in [2.05, 4.69) is 22.4 Å². The van der Waals surface area contributed by atoms with E-state index in [0.29, 0.717) is 11.3 Å². The summed E-state index contributed by atoms with van der Waals surface area (Å²) < 4.78 is 1.75. The maximum absolute atomic E-state index is 12.5. The molecule has 5 nitrogen and oxygen atoms in total. The Bertz CT molecular complexity index is 701. The Hall–Kier alpha value is -1.38. The van der Waals surface area contributed by atoms with Crippen molar-refractivity contribution in [3.05, 3.63) is 29.8 Å². The zero-order chi connectivity index (χ0) is 17.5. The SMILES string of the molecule is CCCSc1nnc(S[C@@H](C)C(=O)c2ccc(NC(C)=O)cc2)s1. The van der Waals surface area contributed by atoms with Gasteiger partial charge in [-0.3, -0.25) is 9.59 Å². The van der Waals surface area contributed by atoms with E-state index in [1.807, 2.05) is 6.92 Å². The van der Waals surface area contributed by atoms with Gasteiger partial charge in [-0.25, -0.2) is 0 Å². The Morgan fingerprint density at radius 3 is 2.50 bits per heavy atom. The summed E-state index contributed by atoms with van der Waals surface area (Å²) in [7, 11) is 0. The van der Waals surface area contributed by atoms with Crippen molar-refractivity contribution in [1.82, 2.24) is 10.2 Å². The van der Waals surface area contributed by atoms with Crippen molar-refractivity contribution in [1.29, 1.82) is 0 Å². The van der Waals surface area contributed by atoms with Crippen LogP contribution in [0.2, 0.25) is 0 Å². The number of aromatic nitrogens is 2. The molecule has 0 spiro atoms. The Labute approximate surface area is 154 Å². The minimum absolute atomic E-state index is 0.0346. The quantitative estimate of drug-likeness (QED) is 0.541. The van der Waals surface area contributed by atoms with Crippen molar-refractivity contribution in [2.75, 3.05) is 11.1 Å². The van der Waals surface area contributed by atoms with Gasteiger partial charge in [0.15, 0.2) is 14.5 Å². The first-order chi connectivity index (χ1) is 11.5. The van der Waals surface area contributed by atoms with Gasteiger partial charge in [0.05, 0.1) is 5.25 Å². The largest absolute Gasteiger partial charge is 0.326 e. The van der Waals surface area contributed by atoms with E-state index in [9.17, 15) is 9.59 Å². The molecule has 2 aromatic rings. The molecule has 1 amide bonds. The van der Waals surface area contributed by atoms with Crippen LogP contribution in [-0.2, 0) is 4.79 Å². The molecule has 8 heteroatoms. The lowest BCUT2D eigenvalue weighted by atomic mass is 10.1. The van der Waals surface area contributed by atoms with Crippen LogP contribution in [0.4, 0.5) is 5.69 Å². The summed E-state index contributed by atoms with van der Waals surface area (Å²) in [6, 6.07) is 6.92. The van der Waals surface area contributed by atoms with Crippen molar-refractivity contribution >= 4 is 52.2 Å². The fraction of sp³-hybridized carbons (Fsp3) is 0.375. The van der Waals surface area contributed by atoms with Gasteiger partial charge < -0.3 is 5.32 Å². The van der Waals surface area contributed by atoms with E-state index < -0.39 is 0 Å². The first kappa shape index (κ1) is 19.0. The average molecular weight is 382 g/mol. The molecular weight excluding hydrogens is 362 g/mol. The van der Waals surface area contributed by atoms with Gasteiger partial charge in [-0.2, -0.15) is 0 Å². The number of hydrogen-bond acceptors (Lipinski definition) is 7. The Kier molecular flexibility index (Phi) is 7.26. The summed E-state index contributed by atoms with van der Waals surface area (Å²) in [5.41, 5.74) is 1.30. The third kappa shape index (κ3) is 5.61. The molecule has 0 bridgehead atoms. The molecule has 1 N–H and O–H groups in total. The van der Waals surface area contributed by atoms with Crippen LogP contribution < -0.4 is 5.32 Å². The molecule has 1 heterocycles. The lowest BCUT2D eigenvalue weighted by molar-refractivity contribution is -0.114. The molecule has 1 atom stereocenters. The fourth-order valence-corrected chi connectivity index (χ4v) is 5.02. The van der Waals surface area contributed by atoms with Crippen molar-refractivity contribution in [3.63, 3.8) is 0 Å². The van der Waals surface area contributed by atoms with E-state index in [0.717, 1.165) is 20.9 Å². The Morgan fingerprint density at radius 1 is 1.21 bits per heavy atom. The van der Waals surface area contributed by atoms with Gasteiger partial charge in [0, 0.05) is 23.9 Å². The number of benzene rings is 1. The van der Waals surface area contributed by atoms with Gasteiger partial charge in [-0.15, -0.1) is 10.2 Å². The number of nitrogens with zero attached hydrogens (tertiary/aromatic N) is 2. The number of carbonyl (C=O) groups excluding carboxylic acids is 2. The van der Waals surface area contributed by atoms with Crippen LogP contribution in [0.5, 0.6) is 0 Å². The number of carbonyl (C=O) groups is 2. The minimum atomic E-state index is -0.242. The van der Waals surface area contributed by atoms with Crippen LogP contribution in [-0.4, -0.2) is 32.9 Å². The van der Waals surface area contributed by atoms with Crippen LogP contribution in [0.25, 0.3) is 0 Å². The van der Waals surface area contributed by atoms with Gasteiger partial charge in [-0.05, 0) is 37.6 Å². The maximum Gasteiger partial charge on any atom is 0.221 e. The smallest absolute Gasteiger partial charge is 0.221 e. The third-order valence-corrected chi connectivity index (χ3v) is 6.40. The van der Waals surface area contributed by atoms with Crippen molar-refractivity contribution in [2.24, 2.45) is 0 Å². The summed E-state index contributed by atoms with van der Waals surface area (Å²) in [5.74, 6) is 0.924. The maximum atomic E-state index is 12.5. The molecule has 0 unspecified atom stereocenters. The van der Waals surface area contributed by atoms with Crippen LogP contribution in [0.15, 0.2) is 32.9 Å². The average Bonchev–Trinajstić information content (AvgIpc) is 2.99. The van der Waals surface area contributed by atoms with Crippen LogP contribution in [0.3, 0.4) is 0 Å². The zero-order valence-corrected chi connectivity index (χ0v) is 16.2. The Balaban J connectivity index is 1.96. The topological polar surface area (TPSA) is 72.0 Å². The molecule has 0 saturated heterocycles. The van der Waals surface area contributed by atoms with Crippen molar-refractivity contribution in [2.45, 2.75) is 41.1 Å². The first-order valence-corrected chi connectivity index (χ1v) is 10.2. The van der Waals surface area contributed by atoms with E-state index >= 15 is 0 Å². The second kappa shape index (κ2) is 9.19. The van der Waals surface area contributed by atoms with Gasteiger partial charge >= 0.3 is 0 Å². The molecule has 0 radical (unpaired) electrons. The van der Waals surface area contributed by atoms with Gasteiger partial charge in [0.2, 0.25) is 5.91 Å². The number of anilines is 1. The molecule has 2 rings (SSSR count). The van der Waals surface area contributed by atoms with Crippen molar-refractivity contribution in [3.8, 4) is 0 Å². The Morgan fingerprint density at radius 2 is 1.88 bits per heavy atom. The molecule has 128 valence electrons. The van der Waals surface area contributed by atoms with Gasteiger partial charge in [0.25, 0.3) is 0 Å². The lowest BCUT2D eigenvalue weighted by Gasteiger charge is -2.09. The second-order valence-electron chi connectivity index (χ2n) is 5.07.